The topological polar surface area (TPSA) is 61.2 Å². The van der Waals surface area contributed by atoms with Gasteiger partial charge in [-0.1, -0.05) is 6.07 Å². The lowest BCUT2D eigenvalue weighted by Gasteiger charge is -2.04. The molecule has 0 amide bonds. The molecular formula is C13H18N2O2. The molecule has 1 heterocycles. The number of nitrogens with two attached hydrogens (primary N) is 1. The maximum absolute atomic E-state index is 11.3. The predicted molar refractivity (Wildman–Crippen MR) is 68.0 cm³/mol. The van der Waals surface area contributed by atoms with Crippen molar-refractivity contribution in [2.24, 2.45) is 12.8 Å². The molecule has 0 aliphatic heterocycles. The highest BCUT2D eigenvalue weighted by atomic mass is 16.4. The summed E-state index contributed by atoms with van der Waals surface area (Å²) in [5.74, 6) is -0.312. The van der Waals surface area contributed by atoms with Gasteiger partial charge in [0.1, 0.15) is 0 Å². The third kappa shape index (κ3) is 2.58. The molecule has 17 heavy (non-hydrogen) atoms. The summed E-state index contributed by atoms with van der Waals surface area (Å²) in [4.78, 5) is 11.3. The van der Waals surface area contributed by atoms with Gasteiger partial charge in [0.2, 0.25) is 0 Å². The first-order valence-electron chi connectivity index (χ1n) is 5.92. The highest BCUT2D eigenvalue weighted by Gasteiger charge is 2.06. The first-order chi connectivity index (χ1) is 8.08. The van der Waals surface area contributed by atoms with Crippen molar-refractivity contribution in [3.63, 3.8) is 0 Å². The van der Waals surface area contributed by atoms with Gasteiger partial charge in [0.25, 0.3) is 0 Å². The number of fused-ring (bicyclic) bond motifs is 1. The number of nitrogens with zero attached hydrogens (tertiary/aromatic N) is 1. The normalized spacial score (nSPS) is 13.1. The minimum atomic E-state index is -0.312. The molecule has 4 nitrogen and oxygen atoms in total. The molecule has 0 fully saturated rings. The van der Waals surface area contributed by atoms with Crippen LogP contribution in [0.5, 0.6) is 0 Å². The van der Waals surface area contributed by atoms with Crippen LogP contribution in [-0.4, -0.2) is 10.6 Å². The number of aryl methyl sites for hydroxylation is 2. The van der Waals surface area contributed by atoms with E-state index in [2.05, 4.69) is 0 Å². The highest BCUT2D eigenvalue weighted by molar-refractivity contribution is 5.73. The second-order valence-corrected chi connectivity index (χ2v) is 4.60. The molecule has 0 aliphatic carbocycles. The van der Waals surface area contributed by atoms with Gasteiger partial charge < -0.3 is 10.2 Å². The fourth-order valence-electron chi connectivity index (χ4n) is 1.96. The molecule has 0 saturated carbocycles. The highest BCUT2D eigenvalue weighted by Crippen LogP contribution is 2.16. The fraction of sp³-hybridized carbons (Fsp3) is 0.462. The summed E-state index contributed by atoms with van der Waals surface area (Å²) in [5.41, 5.74) is 8.43. The van der Waals surface area contributed by atoms with Crippen LogP contribution >= 0.6 is 0 Å². The van der Waals surface area contributed by atoms with Crippen molar-refractivity contribution >= 4 is 11.1 Å². The number of hydrogen-bond donors (Lipinski definition) is 1. The summed E-state index contributed by atoms with van der Waals surface area (Å²) in [6.45, 7) is 2.02. The van der Waals surface area contributed by atoms with Crippen LogP contribution in [0.15, 0.2) is 27.4 Å². The number of oxazole rings is 1. The summed E-state index contributed by atoms with van der Waals surface area (Å²) in [6, 6.07) is 6.13. The monoisotopic (exact) mass is 234 g/mol. The Bertz CT molecular complexity index is 566. The summed E-state index contributed by atoms with van der Waals surface area (Å²) in [7, 11) is 1.72. The average molecular weight is 234 g/mol. The number of hydrogen-bond acceptors (Lipinski definition) is 3. The predicted octanol–water partition coefficient (Wildman–Crippen LogP) is 1.80. The largest absolute Gasteiger partial charge is 0.419 e. The van der Waals surface area contributed by atoms with Crippen LogP contribution in [0.1, 0.15) is 25.3 Å². The maximum atomic E-state index is 11.3. The zero-order chi connectivity index (χ0) is 12.4. The zero-order valence-corrected chi connectivity index (χ0v) is 10.3. The SMILES string of the molecule is CC(N)CCCc1ccc2oc(=O)n(C)c2c1. The van der Waals surface area contributed by atoms with Crippen molar-refractivity contribution in [2.45, 2.75) is 32.2 Å². The Kier molecular flexibility index (Phi) is 3.33. The van der Waals surface area contributed by atoms with Crippen molar-refractivity contribution in [1.82, 2.24) is 4.57 Å². The summed E-state index contributed by atoms with van der Waals surface area (Å²) >= 11 is 0. The van der Waals surface area contributed by atoms with E-state index >= 15 is 0 Å². The fourth-order valence-corrected chi connectivity index (χ4v) is 1.96. The summed E-state index contributed by atoms with van der Waals surface area (Å²) in [5, 5.41) is 0. The van der Waals surface area contributed by atoms with Crippen molar-refractivity contribution in [2.75, 3.05) is 0 Å². The molecule has 2 aromatic rings. The smallest absolute Gasteiger partial charge is 0.408 e. The van der Waals surface area contributed by atoms with E-state index in [4.69, 9.17) is 10.2 Å². The lowest BCUT2D eigenvalue weighted by molar-refractivity contribution is 0.528. The van der Waals surface area contributed by atoms with E-state index < -0.39 is 0 Å². The molecule has 2 rings (SSSR count). The Morgan fingerprint density at radius 1 is 1.47 bits per heavy atom. The first-order valence-corrected chi connectivity index (χ1v) is 5.92. The standard InChI is InChI=1S/C13H18N2O2/c1-9(14)4-3-5-10-6-7-12-11(8-10)15(2)13(16)17-12/h6-9H,3-5,14H2,1-2H3. The van der Waals surface area contributed by atoms with Gasteiger partial charge in [-0.3, -0.25) is 4.57 Å². The quantitative estimate of drug-likeness (QED) is 0.877. The molecule has 1 unspecified atom stereocenters. The molecule has 1 aromatic heterocycles. The van der Waals surface area contributed by atoms with E-state index in [1.807, 2.05) is 25.1 Å². The van der Waals surface area contributed by atoms with Crippen LogP contribution < -0.4 is 11.5 Å². The van der Waals surface area contributed by atoms with Gasteiger partial charge in [-0.15, -0.1) is 0 Å². The molecule has 92 valence electrons. The Hall–Kier alpha value is -1.55. The van der Waals surface area contributed by atoms with Crippen LogP contribution in [-0.2, 0) is 13.5 Å². The van der Waals surface area contributed by atoms with E-state index in [1.54, 1.807) is 7.05 Å². The van der Waals surface area contributed by atoms with Crippen LogP contribution in [0, 0.1) is 0 Å². The number of aromatic nitrogens is 1. The molecule has 0 saturated heterocycles. The van der Waals surface area contributed by atoms with Crippen LogP contribution in [0.4, 0.5) is 0 Å². The molecule has 2 N–H and O–H groups in total. The van der Waals surface area contributed by atoms with E-state index in [0.29, 0.717) is 5.58 Å². The van der Waals surface area contributed by atoms with Crippen molar-refractivity contribution in [1.29, 1.82) is 0 Å². The Balaban J connectivity index is 2.19. The third-order valence-electron chi connectivity index (χ3n) is 2.98. The van der Waals surface area contributed by atoms with Gasteiger partial charge in [-0.2, -0.15) is 0 Å². The number of rotatable bonds is 4. The van der Waals surface area contributed by atoms with E-state index in [9.17, 15) is 4.79 Å². The Labute approximate surface area is 100 Å². The lowest BCUT2D eigenvalue weighted by Crippen LogP contribution is -2.14. The summed E-state index contributed by atoms with van der Waals surface area (Å²) in [6.07, 6.45) is 3.06. The van der Waals surface area contributed by atoms with Crippen LogP contribution in [0.3, 0.4) is 0 Å². The van der Waals surface area contributed by atoms with Gasteiger partial charge in [-0.25, -0.2) is 4.79 Å². The molecule has 0 aliphatic rings. The van der Waals surface area contributed by atoms with Gasteiger partial charge in [0.15, 0.2) is 5.58 Å². The third-order valence-corrected chi connectivity index (χ3v) is 2.98. The van der Waals surface area contributed by atoms with Crippen molar-refractivity contribution in [3.8, 4) is 0 Å². The van der Waals surface area contributed by atoms with Gasteiger partial charge in [0.05, 0.1) is 5.52 Å². The van der Waals surface area contributed by atoms with Gasteiger partial charge in [-0.05, 0) is 43.9 Å². The van der Waals surface area contributed by atoms with E-state index in [-0.39, 0.29) is 11.8 Å². The molecule has 1 aromatic carbocycles. The van der Waals surface area contributed by atoms with Crippen molar-refractivity contribution < 1.29 is 4.42 Å². The minimum absolute atomic E-state index is 0.247. The zero-order valence-electron chi connectivity index (χ0n) is 10.3. The molecule has 1 atom stereocenters. The molecular weight excluding hydrogens is 216 g/mol. The molecule has 0 bridgehead atoms. The van der Waals surface area contributed by atoms with Gasteiger partial charge >= 0.3 is 5.76 Å². The van der Waals surface area contributed by atoms with Crippen molar-refractivity contribution in [3.05, 3.63) is 34.3 Å². The van der Waals surface area contributed by atoms with Crippen LogP contribution in [0.2, 0.25) is 0 Å². The van der Waals surface area contributed by atoms with E-state index in [1.165, 1.54) is 10.1 Å². The second-order valence-electron chi connectivity index (χ2n) is 4.60. The minimum Gasteiger partial charge on any atom is -0.408 e. The Morgan fingerprint density at radius 2 is 2.24 bits per heavy atom. The number of benzene rings is 1. The lowest BCUT2D eigenvalue weighted by atomic mass is 10.1. The Morgan fingerprint density at radius 3 is 2.94 bits per heavy atom. The van der Waals surface area contributed by atoms with E-state index in [0.717, 1.165) is 24.8 Å². The average Bonchev–Trinajstić information content (AvgIpc) is 2.55. The molecule has 0 spiro atoms. The second kappa shape index (κ2) is 4.75. The first kappa shape index (κ1) is 11.9. The van der Waals surface area contributed by atoms with Gasteiger partial charge in [0, 0.05) is 13.1 Å². The maximum Gasteiger partial charge on any atom is 0.419 e. The van der Waals surface area contributed by atoms with Crippen LogP contribution in [0.25, 0.3) is 11.1 Å². The molecule has 0 radical (unpaired) electrons. The molecule has 4 heteroatoms. The summed E-state index contributed by atoms with van der Waals surface area (Å²) < 4.78 is 6.62.